The van der Waals surface area contributed by atoms with Crippen LogP contribution in [0.4, 0.5) is 0 Å². The summed E-state index contributed by atoms with van der Waals surface area (Å²) in [7, 11) is 2.03. The average Bonchev–Trinajstić information content (AvgIpc) is 2.48. The predicted molar refractivity (Wildman–Crippen MR) is 90.1 cm³/mol. The highest BCUT2D eigenvalue weighted by Crippen LogP contribution is 2.24. The fourth-order valence-corrected chi connectivity index (χ4v) is 2.92. The molecule has 0 radical (unpaired) electrons. The topological polar surface area (TPSA) is 12.0 Å². The Morgan fingerprint density at radius 1 is 1.05 bits per heavy atom. The highest BCUT2D eigenvalue weighted by atomic mass is 79.9. The molecule has 0 spiro atoms. The van der Waals surface area contributed by atoms with E-state index in [0.29, 0.717) is 6.04 Å². The molecule has 2 rings (SSSR count). The molecule has 0 fully saturated rings. The smallest absolute Gasteiger partial charge is 0.0358 e. The molecule has 0 aliphatic heterocycles. The highest BCUT2D eigenvalue weighted by molar-refractivity contribution is 9.10. The van der Waals surface area contributed by atoms with Gasteiger partial charge in [-0.1, -0.05) is 71.7 Å². The normalized spacial score (nSPS) is 12.3. The van der Waals surface area contributed by atoms with Crippen LogP contribution in [0.15, 0.2) is 53.0 Å². The van der Waals surface area contributed by atoms with Crippen LogP contribution in [0.3, 0.4) is 0 Å². The minimum atomic E-state index is 0.351. The molecule has 106 valence electrons. The maximum Gasteiger partial charge on any atom is 0.0358 e. The Morgan fingerprint density at radius 3 is 2.35 bits per heavy atom. The number of rotatable bonds is 6. The zero-order chi connectivity index (χ0) is 14.4. The Bertz CT molecular complexity index is 533. The number of hydrogen-bond acceptors (Lipinski definition) is 1. The van der Waals surface area contributed by atoms with Crippen molar-refractivity contribution in [2.24, 2.45) is 0 Å². The van der Waals surface area contributed by atoms with E-state index in [-0.39, 0.29) is 0 Å². The van der Waals surface area contributed by atoms with E-state index in [1.54, 1.807) is 0 Å². The van der Waals surface area contributed by atoms with Crippen molar-refractivity contribution in [3.05, 3.63) is 69.7 Å². The average molecular weight is 332 g/mol. The molecule has 2 aromatic rings. The molecule has 0 bridgehead atoms. The fraction of sp³-hybridized carbons (Fsp3) is 0.333. The molecule has 0 saturated heterocycles. The number of likely N-dealkylation sites (N-methyl/N-ethyl adjacent to an activating group) is 1. The van der Waals surface area contributed by atoms with Crippen LogP contribution in [0.1, 0.15) is 36.1 Å². The third kappa shape index (κ3) is 3.94. The van der Waals surface area contributed by atoms with Crippen LogP contribution in [-0.4, -0.2) is 7.05 Å². The summed E-state index contributed by atoms with van der Waals surface area (Å²) in [6, 6.07) is 17.8. The molecule has 0 aliphatic rings. The summed E-state index contributed by atoms with van der Waals surface area (Å²) < 4.78 is 1.18. The van der Waals surface area contributed by atoms with Crippen molar-refractivity contribution in [2.75, 3.05) is 7.05 Å². The van der Waals surface area contributed by atoms with Crippen LogP contribution in [0.5, 0.6) is 0 Å². The second-order valence-corrected chi connectivity index (χ2v) is 5.98. The summed E-state index contributed by atoms with van der Waals surface area (Å²) in [5, 5.41) is 3.42. The largest absolute Gasteiger partial charge is 0.313 e. The number of halogens is 1. The van der Waals surface area contributed by atoms with Crippen molar-refractivity contribution in [1.82, 2.24) is 5.32 Å². The Balaban J connectivity index is 2.13. The summed E-state index contributed by atoms with van der Waals surface area (Å²) in [6.07, 6.45) is 3.35. The van der Waals surface area contributed by atoms with Gasteiger partial charge in [0.1, 0.15) is 0 Å². The van der Waals surface area contributed by atoms with Gasteiger partial charge >= 0.3 is 0 Å². The van der Waals surface area contributed by atoms with Crippen molar-refractivity contribution >= 4 is 15.9 Å². The molecule has 2 heteroatoms. The van der Waals surface area contributed by atoms with Crippen LogP contribution in [0, 0.1) is 0 Å². The SMILES string of the molecule is CCCc1ccc(C(Cc2ccccc2Br)NC)cc1. The first-order valence-electron chi connectivity index (χ1n) is 7.24. The number of aryl methyl sites for hydroxylation is 1. The summed E-state index contributed by atoms with van der Waals surface area (Å²) in [5.41, 5.74) is 4.11. The zero-order valence-electron chi connectivity index (χ0n) is 12.2. The summed E-state index contributed by atoms with van der Waals surface area (Å²) in [6.45, 7) is 2.22. The highest BCUT2D eigenvalue weighted by Gasteiger charge is 2.11. The van der Waals surface area contributed by atoms with Crippen molar-refractivity contribution in [1.29, 1.82) is 0 Å². The van der Waals surface area contributed by atoms with Crippen LogP contribution in [0.2, 0.25) is 0 Å². The monoisotopic (exact) mass is 331 g/mol. The standard InChI is InChI=1S/C18H22BrN/c1-3-6-14-9-11-15(12-10-14)18(20-2)13-16-7-4-5-8-17(16)19/h4-5,7-12,18,20H,3,6,13H2,1-2H3. The van der Waals surface area contributed by atoms with Gasteiger partial charge in [0.2, 0.25) is 0 Å². The zero-order valence-corrected chi connectivity index (χ0v) is 13.8. The first-order valence-corrected chi connectivity index (χ1v) is 8.03. The Kier molecular flexibility index (Phi) is 5.81. The van der Waals surface area contributed by atoms with Crippen molar-refractivity contribution in [2.45, 2.75) is 32.2 Å². The minimum Gasteiger partial charge on any atom is -0.313 e. The predicted octanol–water partition coefficient (Wildman–Crippen LogP) is 4.90. The lowest BCUT2D eigenvalue weighted by molar-refractivity contribution is 0.591. The van der Waals surface area contributed by atoms with E-state index in [2.05, 4.69) is 76.7 Å². The number of hydrogen-bond donors (Lipinski definition) is 1. The minimum absolute atomic E-state index is 0.351. The Hall–Kier alpha value is -1.12. The maximum absolute atomic E-state index is 3.63. The Morgan fingerprint density at radius 2 is 1.75 bits per heavy atom. The second-order valence-electron chi connectivity index (χ2n) is 5.13. The molecule has 0 saturated carbocycles. The lowest BCUT2D eigenvalue weighted by Crippen LogP contribution is -2.19. The first-order chi connectivity index (χ1) is 9.74. The van der Waals surface area contributed by atoms with Crippen LogP contribution >= 0.6 is 15.9 Å². The summed E-state index contributed by atoms with van der Waals surface area (Å²) in [4.78, 5) is 0. The van der Waals surface area contributed by atoms with E-state index >= 15 is 0 Å². The van der Waals surface area contributed by atoms with E-state index in [9.17, 15) is 0 Å². The van der Waals surface area contributed by atoms with Gasteiger partial charge in [-0.3, -0.25) is 0 Å². The molecular formula is C18H22BrN. The van der Waals surface area contributed by atoms with Crippen molar-refractivity contribution in [3.63, 3.8) is 0 Å². The van der Waals surface area contributed by atoms with Gasteiger partial charge < -0.3 is 5.32 Å². The van der Waals surface area contributed by atoms with Gasteiger partial charge in [0.05, 0.1) is 0 Å². The molecule has 0 heterocycles. The molecule has 1 unspecified atom stereocenters. The van der Waals surface area contributed by atoms with Gasteiger partial charge in [-0.2, -0.15) is 0 Å². The number of nitrogens with one attached hydrogen (secondary N) is 1. The molecule has 0 aromatic heterocycles. The Labute approximate surface area is 130 Å². The van der Waals surface area contributed by atoms with E-state index < -0.39 is 0 Å². The van der Waals surface area contributed by atoms with E-state index in [1.807, 2.05) is 7.05 Å². The van der Waals surface area contributed by atoms with Crippen LogP contribution in [0.25, 0.3) is 0 Å². The molecule has 1 N–H and O–H groups in total. The molecule has 0 aliphatic carbocycles. The summed E-state index contributed by atoms with van der Waals surface area (Å²) >= 11 is 3.63. The quantitative estimate of drug-likeness (QED) is 0.793. The fourth-order valence-electron chi connectivity index (χ4n) is 2.48. The van der Waals surface area contributed by atoms with Gasteiger partial charge in [-0.15, -0.1) is 0 Å². The third-order valence-corrected chi connectivity index (χ3v) is 4.42. The van der Waals surface area contributed by atoms with Crippen LogP contribution in [-0.2, 0) is 12.8 Å². The third-order valence-electron chi connectivity index (χ3n) is 3.65. The lowest BCUT2D eigenvalue weighted by atomic mass is 9.97. The van der Waals surface area contributed by atoms with Crippen molar-refractivity contribution < 1.29 is 0 Å². The molecule has 1 atom stereocenters. The maximum atomic E-state index is 3.63. The van der Waals surface area contributed by atoms with Crippen LogP contribution < -0.4 is 5.32 Å². The molecule has 1 nitrogen and oxygen atoms in total. The van der Waals surface area contributed by atoms with E-state index in [0.717, 1.165) is 12.8 Å². The molecule has 2 aromatic carbocycles. The number of benzene rings is 2. The molecule has 20 heavy (non-hydrogen) atoms. The summed E-state index contributed by atoms with van der Waals surface area (Å²) in [5.74, 6) is 0. The van der Waals surface area contributed by atoms with Crippen molar-refractivity contribution in [3.8, 4) is 0 Å². The van der Waals surface area contributed by atoms with Gasteiger partial charge in [0.15, 0.2) is 0 Å². The van der Waals surface area contributed by atoms with Gasteiger partial charge in [0.25, 0.3) is 0 Å². The van der Waals surface area contributed by atoms with E-state index in [4.69, 9.17) is 0 Å². The second kappa shape index (κ2) is 7.61. The first kappa shape index (κ1) is 15.3. The molecular weight excluding hydrogens is 310 g/mol. The van der Waals surface area contributed by atoms with Gasteiger partial charge in [0, 0.05) is 10.5 Å². The van der Waals surface area contributed by atoms with E-state index in [1.165, 1.54) is 27.6 Å². The lowest BCUT2D eigenvalue weighted by Gasteiger charge is -2.18. The van der Waals surface area contributed by atoms with Gasteiger partial charge in [-0.05, 0) is 42.6 Å². The molecule has 0 amide bonds. The van der Waals surface area contributed by atoms with Gasteiger partial charge in [-0.25, -0.2) is 0 Å².